The van der Waals surface area contributed by atoms with Gasteiger partial charge in [-0.2, -0.15) is 0 Å². The molecule has 0 amide bonds. The minimum atomic E-state index is 0.602. The molecule has 0 radical (unpaired) electrons. The molecule has 0 aliphatic heterocycles. The Balaban J connectivity index is 4.07. The SMILES string of the molecule is CCCC(CNC(C)C)N(CC)CCC. The molecule has 1 atom stereocenters. The first-order valence-corrected chi connectivity index (χ1v) is 6.63. The molecule has 0 aromatic rings. The molecule has 15 heavy (non-hydrogen) atoms. The summed E-state index contributed by atoms with van der Waals surface area (Å²) in [5, 5.41) is 3.56. The van der Waals surface area contributed by atoms with Crippen molar-refractivity contribution in [3.63, 3.8) is 0 Å². The highest BCUT2D eigenvalue weighted by Crippen LogP contribution is 2.07. The number of rotatable bonds is 9. The van der Waals surface area contributed by atoms with Crippen molar-refractivity contribution in [3.8, 4) is 0 Å². The summed E-state index contributed by atoms with van der Waals surface area (Å²) >= 11 is 0. The smallest absolute Gasteiger partial charge is 0.0220 e. The lowest BCUT2D eigenvalue weighted by atomic mass is 10.1. The van der Waals surface area contributed by atoms with Crippen molar-refractivity contribution in [1.82, 2.24) is 10.2 Å². The molecule has 0 bridgehead atoms. The molecular weight excluding hydrogens is 184 g/mol. The lowest BCUT2D eigenvalue weighted by Gasteiger charge is -2.31. The predicted octanol–water partition coefficient (Wildman–Crippen LogP) is 2.89. The normalized spacial score (nSPS) is 13.8. The van der Waals surface area contributed by atoms with Crippen LogP contribution in [0.1, 0.15) is 53.9 Å². The molecule has 0 heterocycles. The second kappa shape index (κ2) is 9.17. The fourth-order valence-electron chi connectivity index (χ4n) is 2.00. The van der Waals surface area contributed by atoms with Gasteiger partial charge < -0.3 is 5.32 Å². The van der Waals surface area contributed by atoms with Gasteiger partial charge in [-0.25, -0.2) is 0 Å². The number of hydrogen-bond acceptors (Lipinski definition) is 2. The van der Waals surface area contributed by atoms with E-state index in [0.717, 1.165) is 12.6 Å². The Labute approximate surface area is 96.4 Å². The first-order chi connectivity index (χ1) is 7.15. The highest BCUT2D eigenvalue weighted by Gasteiger charge is 2.15. The minimum Gasteiger partial charge on any atom is -0.313 e. The van der Waals surface area contributed by atoms with Crippen LogP contribution >= 0.6 is 0 Å². The third kappa shape index (κ3) is 6.91. The molecule has 1 unspecified atom stereocenters. The summed E-state index contributed by atoms with van der Waals surface area (Å²) in [5.41, 5.74) is 0. The van der Waals surface area contributed by atoms with Crippen LogP contribution in [0.5, 0.6) is 0 Å². The van der Waals surface area contributed by atoms with E-state index < -0.39 is 0 Å². The van der Waals surface area contributed by atoms with Gasteiger partial charge in [0, 0.05) is 18.6 Å². The largest absolute Gasteiger partial charge is 0.313 e. The summed E-state index contributed by atoms with van der Waals surface area (Å²) in [6, 6.07) is 1.33. The number of likely N-dealkylation sites (N-methyl/N-ethyl adjacent to an activating group) is 1. The molecule has 2 heteroatoms. The van der Waals surface area contributed by atoms with Crippen LogP contribution in [-0.4, -0.2) is 36.6 Å². The Bertz CT molecular complexity index is 134. The van der Waals surface area contributed by atoms with Gasteiger partial charge in [-0.3, -0.25) is 4.90 Å². The lowest BCUT2D eigenvalue weighted by Crippen LogP contribution is -2.44. The Morgan fingerprint density at radius 2 is 1.73 bits per heavy atom. The molecule has 0 spiro atoms. The Morgan fingerprint density at radius 3 is 2.13 bits per heavy atom. The molecule has 2 nitrogen and oxygen atoms in total. The second-order valence-electron chi connectivity index (χ2n) is 4.63. The molecule has 0 saturated carbocycles. The summed E-state index contributed by atoms with van der Waals surface area (Å²) in [7, 11) is 0. The first kappa shape index (κ1) is 14.9. The molecule has 0 fully saturated rings. The van der Waals surface area contributed by atoms with Crippen molar-refractivity contribution in [3.05, 3.63) is 0 Å². The molecule has 0 rings (SSSR count). The van der Waals surface area contributed by atoms with Gasteiger partial charge in [0.2, 0.25) is 0 Å². The van der Waals surface area contributed by atoms with Crippen molar-refractivity contribution in [1.29, 1.82) is 0 Å². The average molecular weight is 214 g/mol. The molecule has 0 aromatic heterocycles. The zero-order valence-corrected chi connectivity index (χ0v) is 11.3. The van der Waals surface area contributed by atoms with Gasteiger partial charge in [0.1, 0.15) is 0 Å². The third-order valence-electron chi connectivity index (χ3n) is 2.82. The summed E-state index contributed by atoms with van der Waals surface area (Å²) in [6.45, 7) is 14.8. The van der Waals surface area contributed by atoms with Crippen LogP contribution in [0.4, 0.5) is 0 Å². The summed E-state index contributed by atoms with van der Waals surface area (Å²) < 4.78 is 0. The molecule has 92 valence electrons. The Kier molecular flexibility index (Phi) is 9.12. The van der Waals surface area contributed by atoms with E-state index in [9.17, 15) is 0 Å². The molecule has 0 saturated heterocycles. The van der Waals surface area contributed by atoms with E-state index in [1.165, 1.54) is 32.4 Å². The van der Waals surface area contributed by atoms with Crippen LogP contribution in [0.3, 0.4) is 0 Å². The molecule has 0 aromatic carbocycles. The molecule has 0 aliphatic rings. The van der Waals surface area contributed by atoms with Crippen LogP contribution in [-0.2, 0) is 0 Å². The van der Waals surface area contributed by atoms with Gasteiger partial charge in [-0.1, -0.05) is 41.0 Å². The maximum Gasteiger partial charge on any atom is 0.0220 e. The van der Waals surface area contributed by atoms with Gasteiger partial charge in [0.15, 0.2) is 0 Å². The number of nitrogens with one attached hydrogen (secondary N) is 1. The second-order valence-corrected chi connectivity index (χ2v) is 4.63. The van der Waals surface area contributed by atoms with E-state index in [4.69, 9.17) is 0 Å². The summed E-state index contributed by atoms with van der Waals surface area (Å²) in [5.74, 6) is 0. The van der Waals surface area contributed by atoms with Crippen molar-refractivity contribution in [2.75, 3.05) is 19.6 Å². The van der Waals surface area contributed by atoms with Crippen LogP contribution in [0.25, 0.3) is 0 Å². The van der Waals surface area contributed by atoms with Gasteiger partial charge >= 0.3 is 0 Å². The summed E-state index contributed by atoms with van der Waals surface area (Å²) in [6.07, 6.45) is 3.86. The topological polar surface area (TPSA) is 15.3 Å². The third-order valence-corrected chi connectivity index (χ3v) is 2.82. The van der Waals surface area contributed by atoms with Gasteiger partial charge in [-0.15, -0.1) is 0 Å². The minimum absolute atomic E-state index is 0.602. The van der Waals surface area contributed by atoms with Gasteiger partial charge in [-0.05, 0) is 25.9 Å². The Hall–Kier alpha value is -0.0800. The van der Waals surface area contributed by atoms with Crippen LogP contribution in [0, 0.1) is 0 Å². The highest BCUT2D eigenvalue weighted by atomic mass is 15.2. The van der Waals surface area contributed by atoms with Crippen LogP contribution < -0.4 is 5.32 Å². The Morgan fingerprint density at radius 1 is 1.07 bits per heavy atom. The van der Waals surface area contributed by atoms with Crippen molar-refractivity contribution in [2.45, 2.75) is 66.0 Å². The first-order valence-electron chi connectivity index (χ1n) is 6.63. The fourth-order valence-corrected chi connectivity index (χ4v) is 2.00. The van der Waals surface area contributed by atoms with Gasteiger partial charge in [0.05, 0.1) is 0 Å². The zero-order chi connectivity index (χ0) is 11.7. The average Bonchev–Trinajstić information content (AvgIpc) is 2.21. The van der Waals surface area contributed by atoms with E-state index in [-0.39, 0.29) is 0 Å². The lowest BCUT2D eigenvalue weighted by molar-refractivity contribution is 0.188. The molecule has 1 N–H and O–H groups in total. The van der Waals surface area contributed by atoms with Crippen LogP contribution in [0.2, 0.25) is 0 Å². The standard InChI is InChI=1S/C13H30N2/c1-6-9-13(11-14-12(4)5)15(8-3)10-7-2/h12-14H,6-11H2,1-5H3. The zero-order valence-electron chi connectivity index (χ0n) is 11.3. The van der Waals surface area contributed by atoms with Crippen LogP contribution in [0.15, 0.2) is 0 Å². The predicted molar refractivity (Wildman–Crippen MR) is 69.4 cm³/mol. The fraction of sp³-hybridized carbons (Fsp3) is 1.00. The maximum atomic E-state index is 3.56. The quantitative estimate of drug-likeness (QED) is 0.635. The van der Waals surface area contributed by atoms with Crippen molar-refractivity contribution < 1.29 is 0 Å². The maximum absolute atomic E-state index is 3.56. The van der Waals surface area contributed by atoms with E-state index in [1.54, 1.807) is 0 Å². The van der Waals surface area contributed by atoms with Crippen molar-refractivity contribution in [2.24, 2.45) is 0 Å². The number of nitrogens with zero attached hydrogens (tertiary/aromatic N) is 1. The van der Waals surface area contributed by atoms with E-state index in [0.29, 0.717) is 6.04 Å². The van der Waals surface area contributed by atoms with E-state index >= 15 is 0 Å². The van der Waals surface area contributed by atoms with E-state index in [2.05, 4.69) is 44.8 Å². The number of hydrogen-bond donors (Lipinski definition) is 1. The van der Waals surface area contributed by atoms with E-state index in [1.807, 2.05) is 0 Å². The highest BCUT2D eigenvalue weighted by molar-refractivity contribution is 4.73. The molecule has 0 aliphatic carbocycles. The van der Waals surface area contributed by atoms with Gasteiger partial charge in [0.25, 0.3) is 0 Å². The van der Waals surface area contributed by atoms with Crippen molar-refractivity contribution >= 4 is 0 Å². The molecular formula is C13H30N2. The summed E-state index contributed by atoms with van der Waals surface area (Å²) in [4.78, 5) is 2.61. The monoisotopic (exact) mass is 214 g/mol.